The van der Waals surface area contributed by atoms with Crippen molar-refractivity contribution in [1.29, 1.82) is 0 Å². The molecule has 268 valence electrons. The molecule has 1 atom stereocenters. The standard InChI is InChI=1S/C51H32N4OS/c1-3-13-31(14-4-1)49-52-50(32-15-5-2-6-16-32)54-51(53-49)34-26-28-46-41(30-34)40-29-33(25-27-45(40)56-46)35-19-11-20-38-39-21-12-24-44(48(39)57-47(35)38)55-42-22-9-7-17-36(42)37-18-8-10-23-43(37)55/h1-30,51H,(H,52,53,54). The fourth-order valence-corrected chi connectivity index (χ4v) is 9.94. The van der Waals surface area contributed by atoms with Crippen LogP contribution in [-0.4, -0.2) is 16.2 Å². The Labute approximate surface area is 331 Å². The first-order valence-corrected chi connectivity index (χ1v) is 20.0. The van der Waals surface area contributed by atoms with Crippen LogP contribution in [0.4, 0.5) is 0 Å². The van der Waals surface area contributed by atoms with Crippen LogP contribution < -0.4 is 5.32 Å². The molecule has 4 heterocycles. The third kappa shape index (κ3) is 5.08. The van der Waals surface area contributed by atoms with E-state index in [2.05, 4.69) is 155 Å². The number of hydrogen-bond donors (Lipinski definition) is 1. The molecule has 0 spiro atoms. The lowest BCUT2D eigenvalue weighted by atomic mass is 10.00. The molecule has 8 aromatic carbocycles. The van der Waals surface area contributed by atoms with Gasteiger partial charge in [0, 0.05) is 48.1 Å². The number of nitrogens with zero attached hydrogens (tertiary/aromatic N) is 3. The second kappa shape index (κ2) is 12.6. The molecule has 0 fully saturated rings. The van der Waals surface area contributed by atoms with Gasteiger partial charge in [0.15, 0.2) is 5.84 Å². The van der Waals surface area contributed by atoms with Gasteiger partial charge in [-0.2, -0.15) is 0 Å². The lowest BCUT2D eigenvalue weighted by Crippen LogP contribution is -2.33. The number of thiophene rings is 1. The summed E-state index contributed by atoms with van der Waals surface area (Å²) in [6, 6.07) is 64.3. The van der Waals surface area contributed by atoms with Crippen molar-refractivity contribution >= 4 is 86.9 Å². The van der Waals surface area contributed by atoms with Crippen LogP contribution in [0, 0.1) is 0 Å². The first kappa shape index (κ1) is 32.0. The van der Waals surface area contributed by atoms with Crippen LogP contribution >= 0.6 is 11.3 Å². The van der Waals surface area contributed by atoms with E-state index in [-0.39, 0.29) is 6.17 Å². The molecule has 0 saturated carbocycles. The molecule has 0 amide bonds. The summed E-state index contributed by atoms with van der Waals surface area (Å²) in [5, 5.41) is 10.8. The summed E-state index contributed by atoms with van der Waals surface area (Å²) in [4.78, 5) is 10.1. The van der Waals surface area contributed by atoms with Crippen LogP contribution in [0.5, 0.6) is 0 Å². The molecule has 57 heavy (non-hydrogen) atoms. The zero-order valence-electron chi connectivity index (χ0n) is 30.6. The number of aliphatic imine (C=N–C) groups is 2. The zero-order valence-corrected chi connectivity index (χ0v) is 31.4. The Morgan fingerprint density at radius 3 is 1.86 bits per heavy atom. The van der Waals surface area contributed by atoms with Gasteiger partial charge in [0.2, 0.25) is 0 Å². The number of nitrogens with one attached hydrogen (secondary N) is 1. The Balaban J connectivity index is 0.991. The summed E-state index contributed by atoms with van der Waals surface area (Å²) in [6.45, 7) is 0. The molecule has 5 nitrogen and oxygen atoms in total. The number of hydrogen-bond acceptors (Lipinski definition) is 5. The van der Waals surface area contributed by atoms with Gasteiger partial charge in [-0.15, -0.1) is 11.3 Å². The predicted molar refractivity (Wildman–Crippen MR) is 238 cm³/mol. The highest BCUT2D eigenvalue weighted by molar-refractivity contribution is 7.26. The van der Waals surface area contributed by atoms with E-state index in [0.29, 0.717) is 5.84 Å². The van der Waals surface area contributed by atoms with E-state index >= 15 is 0 Å². The van der Waals surface area contributed by atoms with Crippen molar-refractivity contribution in [2.45, 2.75) is 6.17 Å². The molecule has 0 saturated heterocycles. The third-order valence-corrected chi connectivity index (χ3v) is 12.5. The average Bonchev–Trinajstić information content (AvgIpc) is 3.96. The van der Waals surface area contributed by atoms with E-state index in [1.165, 1.54) is 53.2 Å². The van der Waals surface area contributed by atoms with Crippen molar-refractivity contribution in [3.05, 3.63) is 199 Å². The molecule has 1 N–H and O–H groups in total. The highest BCUT2D eigenvalue weighted by atomic mass is 32.1. The van der Waals surface area contributed by atoms with Gasteiger partial charge in [0.25, 0.3) is 0 Å². The molecule has 6 heteroatoms. The fourth-order valence-electron chi connectivity index (χ4n) is 8.60. The van der Waals surface area contributed by atoms with Crippen LogP contribution in [0.3, 0.4) is 0 Å². The summed E-state index contributed by atoms with van der Waals surface area (Å²) < 4.78 is 11.4. The number of rotatable bonds is 5. The maximum atomic E-state index is 6.45. The van der Waals surface area contributed by atoms with Crippen molar-refractivity contribution in [2.75, 3.05) is 0 Å². The molecule has 12 rings (SSSR count). The van der Waals surface area contributed by atoms with Gasteiger partial charge in [-0.3, -0.25) is 0 Å². The highest BCUT2D eigenvalue weighted by Crippen LogP contribution is 2.45. The molecule has 11 aromatic rings. The Hall–Kier alpha value is -7.28. The fraction of sp³-hybridized carbons (Fsp3) is 0.0196. The zero-order chi connectivity index (χ0) is 37.5. The second-order valence-electron chi connectivity index (χ2n) is 14.6. The highest BCUT2D eigenvalue weighted by Gasteiger charge is 2.23. The van der Waals surface area contributed by atoms with Crippen LogP contribution in [0.1, 0.15) is 22.9 Å². The van der Waals surface area contributed by atoms with E-state index in [1.54, 1.807) is 0 Å². The summed E-state index contributed by atoms with van der Waals surface area (Å²) >= 11 is 1.88. The molecular formula is C51H32N4OS. The molecule has 3 aromatic heterocycles. The average molecular weight is 749 g/mol. The number of amidine groups is 2. The molecule has 0 bridgehead atoms. The van der Waals surface area contributed by atoms with Gasteiger partial charge in [-0.1, -0.05) is 140 Å². The van der Waals surface area contributed by atoms with Crippen LogP contribution in [0.25, 0.3) is 80.7 Å². The van der Waals surface area contributed by atoms with Crippen molar-refractivity contribution in [3.63, 3.8) is 0 Å². The van der Waals surface area contributed by atoms with Gasteiger partial charge in [0.1, 0.15) is 23.2 Å². The van der Waals surface area contributed by atoms with Gasteiger partial charge in [-0.25, -0.2) is 9.98 Å². The maximum Gasteiger partial charge on any atom is 0.159 e. The molecule has 0 radical (unpaired) electrons. The number of furan rings is 1. The smallest absolute Gasteiger partial charge is 0.159 e. The molecule has 0 aliphatic carbocycles. The number of aromatic nitrogens is 1. The van der Waals surface area contributed by atoms with Gasteiger partial charge < -0.3 is 14.3 Å². The summed E-state index contributed by atoms with van der Waals surface area (Å²) in [5.41, 5.74) is 10.8. The van der Waals surface area contributed by atoms with Gasteiger partial charge in [0.05, 0.1) is 21.4 Å². The third-order valence-electron chi connectivity index (χ3n) is 11.3. The van der Waals surface area contributed by atoms with Gasteiger partial charge >= 0.3 is 0 Å². The molecular weight excluding hydrogens is 717 g/mol. The largest absolute Gasteiger partial charge is 0.456 e. The summed E-state index contributed by atoms with van der Waals surface area (Å²) in [6.07, 6.45) is -0.332. The normalized spacial score (nSPS) is 14.5. The number of fused-ring (bicyclic) bond motifs is 9. The molecule has 1 aliphatic rings. The van der Waals surface area contributed by atoms with Gasteiger partial charge in [-0.05, 0) is 59.2 Å². The number of benzene rings is 8. The number of para-hydroxylation sites is 2. The van der Waals surface area contributed by atoms with Crippen LogP contribution in [-0.2, 0) is 0 Å². The summed E-state index contributed by atoms with van der Waals surface area (Å²) in [5.74, 6) is 1.50. The minimum atomic E-state index is -0.332. The van der Waals surface area contributed by atoms with E-state index in [0.717, 1.165) is 50.0 Å². The first-order chi connectivity index (χ1) is 28.2. The lowest BCUT2D eigenvalue weighted by molar-refractivity contribution is 0.663. The quantitative estimate of drug-likeness (QED) is 0.191. The van der Waals surface area contributed by atoms with Crippen LogP contribution in [0.2, 0.25) is 0 Å². The Morgan fingerprint density at radius 1 is 0.491 bits per heavy atom. The lowest BCUT2D eigenvalue weighted by Gasteiger charge is -2.23. The Kier molecular flexibility index (Phi) is 7.09. The Morgan fingerprint density at radius 2 is 1.11 bits per heavy atom. The second-order valence-corrected chi connectivity index (χ2v) is 15.6. The van der Waals surface area contributed by atoms with Crippen molar-refractivity contribution < 1.29 is 4.42 Å². The van der Waals surface area contributed by atoms with E-state index < -0.39 is 0 Å². The molecule has 1 unspecified atom stereocenters. The first-order valence-electron chi connectivity index (χ1n) is 19.2. The van der Waals surface area contributed by atoms with Crippen molar-refractivity contribution in [2.24, 2.45) is 9.98 Å². The van der Waals surface area contributed by atoms with E-state index in [4.69, 9.17) is 14.4 Å². The SMILES string of the molecule is c1ccc(C2=NC(c3ccc4oc5ccc(-c6cccc7c6sc6c(-n8c9ccccc9c9ccccc98)cccc67)cc5c4c3)NC(c3ccccc3)=N2)cc1. The monoisotopic (exact) mass is 748 g/mol. The molecule has 1 aliphatic heterocycles. The summed E-state index contributed by atoms with van der Waals surface area (Å²) in [7, 11) is 0. The van der Waals surface area contributed by atoms with Crippen molar-refractivity contribution in [3.8, 4) is 16.8 Å². The van der Waals surface area contributed by atoms with Crippen molar-refractivity contribution in [1.82, 2.24) is 9.88 Å². The topological polar surface area (TPSA) is 54.8 Å². The minimum Gasteiger partial charge on any atom is -0.456 e. The van der Waals surface area contributed by atoms with Crippen LogP contribution in [0.15, 0.2) is 196 Å². The predicted octanol–water partition coefficient (Wildman–Crippen LogP) is 13.2. The van der Waals surface area contributed by atoms with E-state index in [9.17, 15) is 0 Å². The van der Waals surface area contributed by atoms with E-state index in [1.807, 2.05) is 47.7 Å². The Bertz CT molecular complexity index is 3390. The minimum absolute atomic E-state index is 0.332. The maximum absolute atomic E-state index is 6.45.